The van der Waals surface area contributed by atoms with Crippen molar-refractivity contribution in [2.24, 2.45) is 17.8 Å². The summed E-state index contributed by atoms with van der Waals surface area (Å²) in [4.78, 5) is 2.50. The molecular weight excluding hydrogens is 254 g/mol. The Kier molecular flexibility index (Phi) is 5.58. The molecule has 1 rings (SSSR count). The second kappa shape index (κ2) is 6.21. The summed E-state index contributed by atoms with van der Waals surface area (Å²) in [6.07, 6.45) is 0.858. The normalized spacial score (nSPS) is 30.8. The van der Waals surface area contributed by atoms with Crippen LogP contribution >= 0.6 is 15.9 Å². The van der Waals surface area contributed by atoms with E-state index < -0.39 is 0 Å². The summed E-state index contributed by atoms with van der Waals surface area (Å²) in [6.45, 7) is 10.00. The number of aliphatic hydroxyl groups is 1. The highest BCUT2D eigenvalue weighted by molar-refractivity contribution is 9.09. The van der Waals surface area contributed by atoms with Gasteiger partial charge in [0.2, 0.25) is 0 Å². The number of alkyl halides is 1. The van der Waals surface area contributed by atoms with E-state index in [9.17, 15) is 5.11 Å². The Morgan fingerprint density at radius 1 is 1.47 bits per heavy atom. The zero-order valence-electron chi connectivity index (χ0n) is 10.1. The molecule has 90 valence electrons. The summed E-state index contributed by atoms with van der Waals surface area (Å²) < 4.78 is 0. The third kappa shape index (κ3) is 4.04. The third-order valence-corrected chi connectivity index (χ3v) is 4.41. The van der Waals surface area contributed by atoms with Crippen molar-refractivity contribution in [1.29, 1.82) is 0 Å². The molecule has 0 aromatic heterocycles. The Balaban J connectivity index is 2.38. The van der Waals surface area contributed by atoms with Gasteiger partial charge in [0.1, 0.15) is 0 Å². The molecule has 0 radical (unpaired) electrons. The summed E-state index contributed by atoms with van der Waals surface area (Å²) in [5.74, 6) is 1.89. The Morgan fingerprint density at radius 2 is 2.13 bits per heavy atom. The lowest BCUT2D eigenvalue weighted by Gasteiger charge is -2.36. The molecule has 0 bridgehead atoms. The standard InChI is InChI=1S/C12H24BrNO/c1-9(2)11(6-13)8-14-5-4-12(15)10(3)7-14/h9-12,15H,4-8H2,1-3H3. The van der Waals surface area contributed by atoms with Crippen LogP contribution in [0, 0.1) is 17.8 Å². The van der Waals surface area contributed by atoms with Crippen molar-refractivity contribution in [1.82, 2.24) is 4.90 Å². The van der Waals surface area contributed by atoms with Gasteiger partial charge in [-0.1, -0.05) is 36.7 Å². The molecular formula is C12H24BrNO. The number of nitrogens with zero attached hydrogens (tertiary/aromatic N) is 1. The molecule has 1 saturated heterocycles. The van der Waals surface area contributed by atoms with Gasteiger partial charge >= 0.3 is 0 Å². The van der Waals surface area contributed by atoms with E-state index >= 15 is 0 Å². The van der Waals surface area contributed by atoms with E-state index in [4.69, 9.17) is 0 Å². The number of hydrogen-bond donors (Lipinski definition) is 1. The van der Waals surface area contributed by atoms with E-state index in [0.717, 1.165) is 36.7 Å². The van der Waals surface area contributed by atoms with Crippen LogP contribution in [-0.2, 0) is 0 Å². The number of hydrogen-bond acceptors (Lipinski definition) is 2. The number of halogens is 1. The van der Waals surface area contributed by atoms with Crippen molar-refractivity contribution >= 4 is 15.9 Å². The van der Waals surface area contributed by atoms with Crippen LogP contribution in [0.15, 0.2) is 0 Å². The van der Waals surface area contributed by atoms with Crippen LogP contribution < -0.4 is 0 Å². The molecule has 3 atom stereocenters. The Bertz CT molecular complexity index is 186. The van der Waals surface area contributed by atoms with Crippen molar-refractivity contribution < 1.29 is 5.11 Å². The van der Waals surface area contributed by atoms with Gasteiger partial charge in [-0.15, -0.1) is 0 Å². The number of rotatable bonds is 4. The zero-order valence-corrected chi connectivity index (χ0v) is 11.7. The maximum Gasteiger partial charge on any atom is 0.0590 e. The minimum atomic E-state index is -0.0808. The minimum absolute atomic E-state index is 0.0808. The van der Waals surface area contributed by atoms with Crippen LogP contribution in [0.25, 0.3) is 0 Å². The third-order valence-electron chi connectivity index (χ3n) is 3.58. The molecule has 1 heterocycles. The van der Waals surface area contributed by atoms with Gasteiger partial charge in [-0.2, -0.15) is 0 Å². The van der Waals surface area contributed by atoms with Gasteiger partial charge in [0, 0.05) is 25.0 Å². The van der Waals surface area contributed by atoms with Gasteiger partial charge in [0.05, 0.1) is 6.10 Å². The van der Waals surface area contributed by atoms with Crippen molar-refractivity contribution in [3.05, 3.63) is 0 Å². The molecule has 1 fully saturated rings. The molecule has 0 aromatic rings. The van der Waals surface area contributed by atoms with Crippen LogP contribution in [0.1, 0.15) is 27.2 Å². The first-order chi connectivity index (χ1) is 7.04. The van der Waals surface area contributed by atoms with E-state index in [2.05, 4.69) is 41.6 Å². The van der Waals surface area contributed by atoms with E-state index in [1.54, 1.807) is 0 Å². The fourth-order valence-corrected chi connectivity index (χ4v) is 3.11. The molecule has 1 aliphatic rings. The van der Waals surface area contributed by atoms with Gasteiger partial charge in [-0.3, -0.25) is 0 Å². The summed E-state index contributed by atoms with van der Waals surface area (Å²) in [5.41, 5.74) is 0. The number of piperidine rings is 1. The van der Waals surface area contributed by atoms with Crippen LogP contribution in [0.5, 0.6) is 0 Å². The summed E-state index contributed by atoms with van der Waals surface area (Å²) in [6, 6.07) is 0. The molecule has 1 aliphatic heterocycles. The average molecular weight is 278 g/mol. The first-order valence-corrected chi connectivity index (χ1v) is 7.13. The quantitative estimate of drug-likeness (QED) is 0.798. The van der Waals surface area contributed by atoms with E-state index in [-0.39, 0.29) is 6.10 Å². The lowest BCUT2D eigenvalue weighted by atomic mass is 9.93. The first-order valence-electron chi connectivity index (χ1n) is 6.01. The van der Waals surface area contributed by atoms with Crippen molar-refractivity contribution in [2.75, 3.05) is 25.0 Å². The fourth-order valence-electron chi connectivity index (χ4n) is 2.15. The largest absolute Gasteiger partial charge is 0.393 e. The highest BCUT2D eigenvalue weighted by Crippen LogP contribution is 2.21. The molecule has 1 N–H and O–H groups in total. The Morgan fingerprint density at radius 3 is 2.60 bits per heavy atom. The molecule has 3 heteroatoms. The van der Waals surface area contributed by atoms with Crippen LogP contribution in [0.3, 0.4) is 0 Å². The lowest BCUT2D eigenvalue weighted by molar-refractivity contribution is 0.0279. The molecule has 0 saturated carbocycles. The lowest BCUT2D eigenvalue weighted by Crippen LogP contribution is -2.44. The number of aliphatic hydroxyl groups excluding tert-OH is 1. The zero-order chi connectivity index (χ0) is 11.4. The Hall–Kier alpha value is 0.400. The van der Waals surface area contributed by atoms with E-state index in [1.807, 2.05) is 0 Å². The van der Waals surface area contributed by atoms with Gasteiger partial charge < -0.3 is 10.0 Å². The van der Waals surface area contributed by atoms with Crippen molar-refractivity contribution in [3.8, 4) is 0 Å². The first kappa shape index (κ1) is 13.5. The summed E-state index contributed by atoms with van der Waals surface area (Å²) >= 11 is 3.59. The van der Waals surface area contributed by atoms with Crippen LogP contribution in [-0.4, -0.2) is 41.1 Å². The minimum Gasteiger partial charge on any atom is -0.393 e. The van der Waals surface area contributed by atoms with Gasteiger partial charge in [-0.25, -0.2) is 0 Å². The van der Waals surface area contributed by atoms with E-state index in [1.165, 1.54) is 6.54 Å². The second-order valence-electron chi connectivity index (χ2n) is 5.25. The Labute approximate surface area is 102 Å². The van der Waals surface area contributed by atoms with Crippen LogP contribution in [0.2, 0.25) is 0 Å². The van der Waals surface area contributed by atoms with Gasteiger partial charge in [-0.05, 0) is 24.2 Å². The fraction of sp³-hybridized carbons (Fsp3) is 1.00. The van der Waals surface area contributed by atoms with E-state index in [0.29, 0.717) is 5.92 Å². The summed E-state index contributed by atoms with van der Waals surface area (Å²) in [7, 11) is 0. The van der Waals surface area contributed by atoms with Crippen molar-refractivity contribution in [2.45, 2.75) is 33.3 Å². The molecule has 15 heavy (non-hydrogen) atoms. The van der Waals surface area contributed by atoms with Crippen molar-refractivity contribution in [3.63, 3.8) is 0 Å². The highest BCUT2D eigenvalue weighted by atomic mass is 79.9. The molecule has 0 spiro atoms. The maximum atomic E-state index is 9.66. The maximum absolute atomic E-state index is 9.66. The predicted molar refractivity (Wildman–Crippen MR) is 68.3 cm³/mol. The SMILES string of the molecule is CC(C)C(CBr)CN1CCC(O)C(C)C1. The molecule has 2 nitrogen and oxygen atoms in total. The molecule has 0 amide bonds. The van der Waals surface area contributed by atoms with Crippen LogP contribution in [0.4, 0.5) is 0 Å². The average Bonchev–Trinajstić information content (AvgIpc) is 2.19. The summed E-state index contributed by atoms with van der Waals surface area (Å²) in [5, 5.41) is 10.7. The highest BCUT2D eigenvalue weighted by Gasteiger charge is 2.26. The second-order valence-corrected chi connectivity index (χ2v) is 5.90. The van der Waals surface area contributed by atoms with Gasteiger partial charge in [0.25, 0.3) is 0 Å². The smallest absolute Gasteiger partial charge is 0.0590 e. The molecule has 0 aliphatic carbocycles. The monoisotopic (exact) mass is 277 g/mol. The topological polar surface area (TPSA) is 23.5 Å². The predicted octanol–water partition coefficient (Wildman–Crippen LogP) is 2.36. The van der Waals surface area contributed by atoms with Gasteiger partial charge in [0.15, 0.2) is 0 Å². The molecule has 3 unspecified atom stereocenters. The number of likely N-dealkylation sites (tertiary alicyclic amines) is 1. The molecule has 0 aromatic carbocycles.